The van der Waals surface area contributed by atoms with Gasteiger partial charge in [-0.1, -0.05) is 0 Å². The summed E-state index contributed by atoms with van der Waals surface area (Å²) >= 11 is 0. The Morgan fingerprint density at radius 2 is 1.57 bits per heavy atom. The van der Waals surface area contributed by atoms with Crippen LogP contribution in [0, 0.1) is 0 Å². The largest absolute Gasteiger partial charge is 0.325 e. The molecule has 0 atom stereocenters. The molecule has 0 aliphatic carbocycles. The second-order valence-corrected chi connectivity index (χ2v) is 4.04. The SMILES string of the molecule is O=C(N1CCCCC1)N1CC(F)(F)C1. The summed E-state index contributed by atoms with van der Waals surface area (Å²) in [7, 11) is 0. The summed E-state index contributed by atoms with van der Waals surface area (Å²) in [5.41, 5.74) is 0. The summed E-state index contributed by atoms with van der Waals surface area (Å²) in [4.78, 5) is 14.5. The summed E-state index contributed by atoms with van der Waals surface area (Å²) < 4.78 is 25.0. The molecule has 0 aromatic heterocycles. The van der Waals surface area contributed by atoms with Crippen molar-refractivity contribution in [3.8, 4) is 0 Å². The molecule has 2 heterocycles. The Balaban J connectivity index is 1.84. The number of hydrogen-bond donors (Lipinski definition) is 0. The lowest BCUT2D eigenvalue weighted by atomic mass is 10.1. The van der Waals surface area contributed by atoms with Gasteiger partial charge in [-0.15, -0.1) is 0 Å². The highest BCUT2D eigenvalue weighted by atomic mass is 19.3. The molecule has 2 aliphatic heterocycles. The van der Waals surface area contributed by atoms with E-state index in [1.165, 1.54) is 4.90 Å². The number of hydrogen-bond acceptors (Lipinski definition) is 1. The molecule has 2 amide bonds. The van der Waals surface area contributed by atoms with E-state index in [1.54, 1.807) is 4.90 Å². The number of halogens is 2. The van der Waals surface area contributed by atoms with Crippen molar-refractivity contribution in [2.75, 3.05) is 26.2 Å². The fourth-order valence-electron chi connectivity index (χ4n) is 1.93. The smallest absolute Gasteiger partial charge is 0.320 e. The number of alkyl halides is 2. The second-order valence-electron chi connectivity index (χ2n) is 4.04. The molecule has 2 fully saturated rings. The zero-order valence-electron chi connectivity index (χ0n) is 8.01. The minimum Gasteiger partial charge on any atom is -0.325 e. The minimum atomic E-state index is -2.65. The number of likely N-dealkylation sites (tertiary alicyclic amines) is 2. The van der Waals surface area contributed by atoms with E-state index < -0.39 is 19.0 Å². The van der Waals surface area contributed by atoms with Crippen LogP contribution in [0.25, 0.3) is 0 Å². The van der Waals surface area contributed by atoms with E-state index in [1.807, 2.05) is 0 Å². The Morgan fingerprint density at radius 3 is 2.07 bits per heavy atom. The molecular weight excluding hydrogens is 190 g/mol. The first-order valence-corrected chi connectivity index (χ1v) is 5.00. The molecule has 3 nitrogen and oxygen atoms in total. The average molecular weight is 204 g/mol. The molecule has 2 rings (SSSR count). The Morgan fingerprint density at radius 1 is 1.00 bits per heavy atom. The highest BCUT2D eigenvalue weighted by Crippen LogP contribution is 2.28. The van der Waals surface area contributed by atoms with Crippen molar-refractivity contribution in [1.29, 1.82) is 0 Å². The summed E-state index contributed by atoms with van der Waals surface area (Å²) in [5.74, 6) is -2.65. The van der Waals surface area contributed by atoms with Crippen LogP contribution in [-0.2, 0) is 0 Å². The molecule has 5 heteroatoms. The molecule has 0 aromatic rings. The summed E-state index contributed by atoms with van der Waals surface area (Å²) in [6.07, 6.45) is 3.13. The summed E-state index contributed by atoms with van der Waals surface area (Å²) in [6, 6.07) is -0.212. The van der Waals surface area contributed by atoms with E-state index >= 15 is 0 Å². The van der Waals surface area contributed by atoms with Crippen molar-refractivity contribution in [2.24, 2.45) is 0 Å². The fraction of sp³-hybridized carbons (Fsp3) is 0.889. The van der Waals surface area contributed by atoms with Gasteiger partial charge < -0.3 is 9.80 Å². The average Bonchev–Trinajstić information content (AvgIpc) is 2.14. The van der Waals surface area contributed by atoms with Crippen molar-refractivity contribution in [3.63, 3.8) is 0 Å². The maximum Gasteiger partial charge on any atom is 0.320 e. The zero-order chi connectivity index (χ0) is 10.2. The fourth-order valence-corrected chi connectivity index (χ4v) is 1.93. The number of carbonyl (C=O) groups is 1. The summed E-state index contributed by atoms with van der Waals surface area (Å²) in [5, 5.41) is 0. The first-order valence-electron chi connectivity index (χ1n) is 5.00. The Kier molecular flexibility index (Phi) is 2.33. The van der Waals surface area contributed by atoms with Crippen LogP contribution in [0.15, 0.2) is 0 Å². The maximum atomic E-state index is 12.5. The summed E-state index contributed by atoms with van der Waals surface area (Å²) in [6.45, 7) is 0.645. The highest BCUT2D eigenvalue weighted by molar-refractivity contribution is 5.75. The van der Waals surface area contributed by atoms with Gasteiger partial charge in [-0.25, -0.2) is 13.6 Å². The van der Waals surface area contributed by atoms with E-state index in [4.69, 9.17) is 0 Å². The van der Waals surface area contributed by atoms with Gasteiger partial charge in [-0.2, -0.15) is 0 Å². The minimum absolute atomic E-state index is 0.212. The van der Waals surface area contributed by atoms with Crippen LogP contribution in [0.4, 0.5) is 13.6 Å². The van der Waals surface area contributed by atoms with E-state index in [0.29, 0.717) is 0 Å². The van der Waals surface area contributed by atoms with Crippen LogP contribution in [0.1, 0.15) is 19.3 Å². The molecule has 0 radical (unpaired) electrons. The number of amides is 2. The van der Waals surface area contributed by atoms with Crippen LogP contribution in [0.3, 0.4) is 0 Å². The molecule has 0 bridgehead atoms. The van der Waals surface area contributed by atoms with E-state index in [2.05, 4.69) is 0 Å². The van der Waals surface area contributed by atoms with Crippen molar-refractivity contribution < 1.29 is 13.6 Å². The van der Waals surface area contributed by atoms with Crippen molar-refractivity contribution in [1.82, 2.24) is 9.80 Å². The number of urea groups is 1. The van der Waals surface area contributed by atoms with Gasteiger partial charge >= 0.3 is 6.03 Å². The third kappa shape index (κ3) is 1.81. The molecule has 0 N–H and O–H groups in total. The monoisotopic (exact) mass is 204 g/mol. The highest BCUT2D eigenvalue weighted by Gasteiger charge is 2.47. The molecule has 14 heavy (non-hydrogen) atoms. The Bertz CT molecular complexity index is 231. The predicted molar refractivity (Wildman–Crippen MR) is 47.3 cm³/mol. The molecule has 0 saturated carbocycles. The number of piperidine rings is 1. The van der Waals surface area contributed by atoms with Crippen LogP contribution in [0.2, 0.25) is 0 Å². The van der Waals surface area contributed by atoms with Gasteiger partial charge in [-0.3, -0.25) is 0 Å². The normalized spacial score (nSPS) is 25.9. The molecule has 0 unspecified atom stereocenters. The molecule has 0 spiro atoms. The van der Waals surface area contributed by atoms with Gasteiger partial charge in [0.1, 0.15) is 0 Å². The van der Waals surface area contributed by atoms with Crippen LogP contribution in [0.5, 0.6) is 0 Å². The van der Waals surface area contributed by atoms with Gasteiger partial charge in [0.05, 0.1) is 13.1 Å². The Hall–Kier alpha value is -0.870. The molecule has 2 aliphatic rings. The van der Waals surface area contributed by atoms with E-state index in [9.17, 15) is 13.6 Å². The van der Waals surface area contributed by atoms with Crippen molar-refractivity contribution >= 4 is 6.03 Å². The number of carbonyl (C=O) groups excluding carboxylic acids is 1. The van der Waals surface area contributed by atoms with Crippen LogP contribution >= 0.6 is 0 Å². The number of nitrogens with zero attached hydrogens (tertiary/aromatic N) is 2. The van der Waals surface area contributed by atoms with Gasteiger partial charge in [0.15, 0.2) is 0 Å². The first-order chi connectivity index (χ1) is 6.58. The van der Waals surface area contributed by atoms with Gasteiger partial charge in [0, 0.05) is 13.1 Å². The van der Waals surface area contributed by atoms with Gasteiger partial charge in [0.2, 0.25) is 0 Å². The predicted octanol–water partition coefficient (Wildman–Crippen LogP) is 1.54. The maximum absolute atomic E-state index is 12.5. The third-order valence-electron chi connectivity index (χ3n) is 2.74. The molecular formula is C9H14F2N2O. The molecule has 80 valence electrons. The molecule has 0 aromatic carbocycles. The molecule has 2 saturated heterocycles. The quantitative estimate of drug-likeness (QED) is 0.587. The van der Waals surface area contributed by atoms with Crippen LogP contribution < -0.4 is 0 Å². The standard InChI is InChI=1S/C9H14F2N2O/c10-9(11)6-13(7-9)8(14)12-4-2-1-3-5-12/h1-7H2. The lowest BCUT2D eigenvalue weighted by Gasteiger charge is -2.42. The van der Waals surface area contributed by atoms with Crippen molar-refractivity contribution in [2.45, 2.75) is 25.2 Å². The van der Waals surface area contributed by atoms with Crippen molar-refractivity contribution in [3.05, 3.63) is 0 Å². The van der Waals surface area contributed by atoms with Gasteiger partial charge in [-0.05, 0) is 19.3 Å². The van der Waals surface area contributed by atoms with E-state index in [-0.39, 0.29) is 6.03 Å². The Labute approximate surface area is 81.7 Å². The second kappa shape index (κ2) is 3.37. The lowest BCUT2D eigenvalue weighted by molar-refractivity contribution is -0.114. The zero-order valence-corrected chi connectivity index (χ0v) is 8.01. The number of rotatable bonds is 0. The lowest BCUT2D eigenvalue weighted by Crippen LogP contribution is -2.61. The topological polar surface area (TPSA) is 23.6 Å². The third-order valence-corrected chi connectivity index (χ3v) is 2.74. The first kappa shape index (κ1) is 9.68. The van der Waals surface area contributed by atoms with Crippen LogP contribution in [-0.4, -0.2) is 47.9 Å². The van der Waals surface area contributed by atoms with E-state index in [0.717, 1.165) is 32.4 Å². The van der Waals surface area contributed by atoms with Gasteiger partial charge in [0.25, 0.3) is 5.92 Å².